The van der Waals surface area contributed by atoms with E-state index in [2.05, 4.69) is 0 Å². The van der Waals surface area contributed by atoms with Crippen molar-refractivity contribution >= 4 is 27.1 Å². The smallest absolute Gasteiger partial charge is 0.182 e. The van der Waals surface area contributed by atoms with Crippen molar-refractivity contribution < 1.29 is 8.42 Å². The van der Waals surface area contributed by atoms with E-state index in [1.165, 1.54) is 24.3 Å². The molecule has 0 fully saturated rings. The largest absolute Gasteiger partial charge is 0.399 e. The second-order valence-corrected chi connectivity index (χ2v) is 6.65. The van der Waals surface area contributed by atoms with Crippen LogP contribution in [0.1, 0.15) is 11.1 Å². The number of benzene rings is 2. The van der Waals surface area contributed by atoms with Crippen molar-refractivity contribution in [3.05, 3.63) is 58.6 Å². The molecule has 0 heterocycles. The van der Waals surface area contributed by atoms with Crippen molar-refractivity contribution in [3.63, 3.8) is 0 Å². The summed E-state index contributed by atoms with van der Waals surface area (Å²) in [6, 6.07) is 12.6. The predicted octanol–water partition coefficient (Wildman–Crippen LogP) is 2.77. The molecule has 0 aromatic heterocycles. The van der Waals surface area contributed by atoms with Crippen LogP contribution in [0, 0.1) is 11.3 Å². The molecule has 0 atom stereocenters. The summed E-state index contributed by atoms with van der Waals surface area (Å²) in [5, 5.41) is 9.01. The number of nitrogen functional groups attached to an aromatic ring is 1. The van der Waals surface area contributed by atoms with Crippen LogP contribution in [0.4, 0.5) is 5.69 Å². The molecular formula is C14H11ClN2O2S. The first-order valence-corrected chi connectivity index (χ1v) is 7.72. The van der Waals surface area contributed by atoms with E-state index in [4.69, 9.17) is 22.6 Å². The molecule has 2 aromatic carbocycles. The summed E-state index contributed by atoms with van der Waals surface area (Å²) in [5.74, 6) is -0.235. The second-order valence-electron chi connectivity index (χ2n) is 4.25. The maximum Gasteiger partial charge on any atom is 0.182 e. The van der Waals surface area contributed by atoms with Gasteiger partial charge in [0.05, 0.1) is 22.3 Å². The molecule has 0 aliphatic rings. The Bertz CT molecular complexity index is 795. The van der Waals surface area contributed by atoms with Crippen molar-refractivity contribution in [1.29, 1.82) is 5.26 Å². The minimum absolute atomic E-state index is 0.151. The Labute approximate surface area is 122 Å². The quantitative estimate of drug-likeness (QED) is 0.884. The van der Waals surface area contributed by atoms with E-state index in [1.54, 1.807) is 18.2 Å². The zero-order valence-electron chi connectivity index (χ0n) is 10.4. The molecule has 0 saturated carbocycles. The van der Waals surface area contributed by atoms with Crippen LogP contribution < -0.4 is 5.73 Å². The molecule has 2 rings (SSSR count). The van der Waals surface area contributed by atoms with E-state index in [0.717, 1.165) is 0 Å². The number of anilines is 1. The van der Waals surface area contributed by atoms with E-state index >= 15 is 0 Å². The van der Waals surface area contributed by atoms with Crippen molar-refractivity contribution in [3.8, 4) is 6.07 Å². The second kappa shape index (κ2) is 5.53. The van der Waals surface area contributed by atoms with Gasteiger partial charge in [-0.1, -0.05) is 23.7 Å². The van der Waals surface area contributed by atoms with Gasteiger partial charge in [-0.25, -0.2) is 8.42 Å². The third kappa shape index (κ3) is 3.10. The maximum absolute atomic E-state index is 12.3. The number of rotatable bonds is 3. The Morgan fingerprint density at radius 2 is 1.95 bits per heavy atom. The van der Waals surface area contributed by atoms with Crippen LogP contribution in [0.2, 0.25) is 5.02 Å². The fraction of sp³-hybridized carbons (Fsp3) is 0.0714. The zero-order chi connectivity index (χ0) is 14.8. The molecule has 2 aromatic rings. The summed E-state index contributed by atoms with van der Waals surface area (Å²) in [7, 11) is -3.53. The summed E-state index contributed by atoms with van der Waals surface area (Å²) >= 11 is 5.99. The number of halogens is 1. The topological polar surface area (TPSA) is 84.0 Å². The van der Waals surface area contributed by atoms with Gasteiger partial charge in [0.1, 0.15) is 0 Å². The SMILES string of the molecule is N#Cc1ccc(CS(=O)(=O)c2cccc(N)c2)c(Cl)c1. The Morgan fingerprint density at radius 3 is 2.55 bits per heavy atom. The predicted molar refractivity (Wildman–Crippen MR) is 77.9 cm³/mol. The standard InChI is InChI=1S/C14H11ClN2O2S/c15-14-6-10(8-16)4-5-11(14)9-20(18,19)13-3-1-2-12(17)7-13/h1-7H,9,17H2. The molecule has 0 saturated heterocycles. The van der Waals surface area contributed by atoms with E-state index in [0.29, 0.717) is 16.8 Å². The van der Waals surface area contributed by atoms with Crippen molar-refractivity contribution in [2.24, 2.45) is 0 Å². The van der Waals surface area contributed by atoms with E-state index < -0.39 is 9.84 Å². The number of nitriles is 1. The maximum atomic E-state index is 12.3. The summed E-state index contributed by atoms with van der Waals surface area (Å²) in [4.78, 5) is 0.151. The van der Waals surface area contributed by atoms with Crippen molar-refractivity contribution in [2.45, 2.75) is 10.6 Å². The van der Waals surface area contributed by atoms with Crippen LogP contribution in [0.3, 0.4) is 0 Å². The molecule has 0 bridgehead atoms. The van der Waals surface area contributed by atoms with Crippen molar-refractivity contribution in [2.75, 3.05) is 5.73 Å². The Hall–Kier alpha value is -2.03. The van der Waals surface area contributed by atoms with Gasteiger partial charge >= 0.3 is 0 Å². The number of nitrogens with two attached hydrogens (primary N) is 1. The first-order valence-electron chi connectivity index (χ1n) is 5.69. The summed E-state index contributed by atoms with van der Waals surface area (Å²) in [6.07, 6.45) is 0. The number of hydrogen-bond donors (Lipinski definition) is 1. The van der Waals surface area contributed by atoms with E-state index in [1.807, 2.05) is 6.07 Å². The van der Waals surface area contributed by atoms with Crippen LogP contribution in [-0.2, 0) is 15.6 Å². The van der Waals surface area contributed by atoms with E-state index in [-0.39, 0.29) is 15.7 Å². The molecule has 6 heteroatoms. The van der Waals surface area contributed by atoms with Gasteiger partial charge in [0.2, 0.25) is 0 Å². The number of nitrogens with zero attached hydrogens (tertiary/aromatic N) is 1. The lowest BCUT2D eigenvalue weighted by atomic mass is 10.2. The molecule has 0 radical (unpaired) electrons. The molecule has 2 N–H and O–H groups in total. The normalized spacial score (nSPS) is 11.0. The van der Waals surface area contributed by atoms with Crippen LogP contribution in [0.25, 0.3) is 0 Å². The van der Waals surface area contributed by atoms with Crippen LogP contribution in [0.15, 0.2) is 47.4 Å². The van der Waals surface area contributed by atoms with Gasteiger partial charge in [0.25, 0.3) is 0 Å². The third-order valence-corrected chi connectivity index (χ3v) is 4.76. The molecule has 102 valence electrons. The Kier molecular flexibility index (Phi) is 3.98. The van der Waals surface area contributed by atoms with Crippen LogP contribution >= 0.6 is 11.6 Å². The summed E-state index contributed by atoms with van der Waals surface area (Å²) in [6.45, 7) is 0. The molecule has 20 heavy (non-hydrogen) atoms. The highest BCUT2D eigenvalue weighted by Gasteiger charge is 2.17. The number of hydrogen-bond acceptors (Lipinski definition) is 4. The summed E-state index contributed by atoms with van der Waals surface area (Å²) in [5.41, 5.74) is 6.82. The lowest BCUT2D eigenvalue weighted by molar-refractivity contribution is 0.595. The van der Waals surface area contributed by atoms with Crippen molar-refractivity contribution in [1.82, 2.24) is 0 Å². The van der Waals surface area contributed by atoms with Gasteiger partial charge in [-0.15, -0.1) is 0 Å². The lowest BCUT2D eigenvalue weighted by Crippen LogP contribution is -2.06. The Morgan fingerprint density at radius 1 is 1.20 bits per heavy atom. The van der Waals surface area contributed by atoms with Crippen LogP contribution in [0.5, 0.6) is 0 Å². The molecule has 0 amide bonds. The molecule has 0 unspecified atom stereocenters. The molecule has 0 aliphatic heterocycles. The van der Waals surface area contributed by atoms with Crippen LogP contribution in [-0.4, -0.2) is 8.42 Å². The van der Waals surface area contributed by atoms with Gasteiger partial charge in [0.15, 0.2) is 9.84 Å². The average Bonchev–Trinajstić information content (AvgIpc) is 2.41. The monoisotopic (exact) mass is 306 g/mol. The fourth-order valence-corrected chi connectivity index (χ4v) is 3.49. The highest BCUT2D eigenvalue weighted by atomic mass is 35.5. The van der Waals surface area contributed by atoms with Gasteiger partial charge < -0.3 is 5.73 Å². The first kappa shape index (κ1) is 14.4. The molecule has 0 spiro atoms. The Balaban J connectivity index is 2.36. The minimum atomic E-state index is -3.53. The molecule has 4 nitrogen and oxygen atoms in total. The van der Waals surface area contributed by atoms with Gasteiger partial charge in [-0.05, 0) is 35.9 Å². The molecular weight excluding hydrogens is 296 g/mol. The first-order chi connectivity index (χ1) is 9.42. The van der Waals surface area contributed by atoms with Gasteiger partial charge in [0, 0.05) is 10.7 Å². The van der Waals surface area contributed by atoms with Gasteiger partial charge in [-0.2, -0.15) is 5.26 Å². The average molecular weight is 307 g/mol. The number of sulfone groups is 1. The van der Waals surface area contributed by atoms with E-state index in [9.17, 15) is 8.42 Å². The highest BCUT2D eigenvalue weighted by Crippen LogP contribution is 2.24. The fourth-order valence-electron chi connectivity index (χ4n) is 1.73. The summed E-state index contributed by atoms with van der Waals surface area (Å²) < 4.78 is 24.6. The zero-order valence-corrected chi connectivity index (χ0v) is 11.9. The third-order valence-electron chi connectivity index (χ3n) is 2.74. The van der Waals surface area contributed by atoms with Gasteiger partial charge in [-0.3, -0.25) is 0 Å². The minimum Gasteiger partial charge on any atom is -0.399 e. The lowest BCUT2D eigenvalue weighted by Gasteiger charge is -2.07. The highest BCUT2D eigenvalue weighted by molar-refractivity contribution is 7.90. The molecule has 0 aliphatic carbocycles.